The molecule has 1 fully saturated rings. The summed E-state index contributed by atoms with van der Waals surface area (Å²) in [7, 11) is 0. The molecule has 0 spiro atoms. The van der Waals surface area contributed by atoms with E-state index in [4.69, 9.17) is 15.5 Å². The summed E-state index contributed by atoms with van der Waals surface area (Å²) in [4.78, 5) is 7.24. The molecule has 27 heavy (non-hydrogen) atoms. The van der Waals surface area contributed by atoms with Crippen LogP contribution in [-0.2, 0) is 17.8 Å². The van der Waals surface area contributed by atoms with Crippen molar-refractivity contribution in [2.45, 2.75) is 13.1 Å². The smallest absolute Gasteiger partial charge is 0.0992 e. The number of pyridine rings is 1. The van der Waals surface area contributed by atoms with Crippen molar-refractivity contribution < 1.29 is 4.74 Å². The molecular formula is C22H22N4O. The van der Waals surface area contributed by atoms with Gasteiger partial charge in [-0.2, -0.15) is 5.26 Å². The summed E-state index contributed by atoms with van der Waals surface area (Å²) >= 11 is 0. The highest BCUT2D eigenvalue weighted by Gasteiger charge is 2.15. The topological polar surface area (TPSA) is 75.2 Å². The molecule has 5 heteroatoms. The minimum absolute atomic E-state index is 0.527. The molecule has 0 unspecified atom stereocenters. The van der Waals surface area contributed by atoms with Crippen LogP contribution in [0.1, 0.15) is 16.7 Å². The van der Waals surface area contributed by atoms with Gasteiger partial charge in [0.2, 0.25) is 0 Å². The molecule has 0 atom stereocenters. The predicted molar refractivity (Wildman–Crippen MR) is 106 cm³/mol. The second kappa shape index (κ2) is 7.85. The van der Waals surface area contributed by atoms with E-state index in [1.165, 1.54) is 5.56 Å². The largest absolute Gasteiger partial charge is 0.379 e. The van der Waals surface area contributed by atoms with Crippen LogP contribution in [-0.4, -0.2) is 36.2 Å². The first-order valence-electron chi connectivity index (χ1n) is 9.20. The van der Waals surface area contributed by atoms with Crippen molar-refractivity contribution in [3.8, 4) is 17.3 Å². The first-order valence-corrected chi connectivity index (χ1v) is 9.20. The molecule has 1 aromatic heterocycles. The van der Waals surface area contributed by atoms with Crippen molar-refractivity contribution in [1.82, 2.24) is 9.88 Å². The van der Waals surface area contributed by atoms with Gasteiger partial charge in [0.15, 0.2) is 0 Å². The number of benzene rings is 2. The molecule has 136 valence electrons. The lowest BCUT2D eigenvalue weighted by Gasteiger charge is -2.27. The summed E-state index contributed by atoms with van der Waals surface area (Å²) in [5.74, 6) is 0. The lowest BCUT2D eigenvalue weighted by atomic mass is 10.0. The summed E-state index contributed by atoms with van der Waals surface area (Å²) in [6.45, 7) is 4.78. The Morgan fingerprint density at radius 3 is 2.56 bits per heavy atom. The van der Waals surface area contributed by atoms with Gasteiger partial charge in [0.05, 0.1) is 36.1 Å². The van der Waals surface area contributed by atoms with E-state index in [0.717, 1.165) is 60.6 Å². The van der Waals surface area contributed by atoms with Crippen molar-refractivity contribution in [2.24, 2.45) is 5.73 Å². The quantitative estimate of drug-likeness (QED) is 0.776. The zero-order valence-electron chi connectivity index (χ0n) is 15.2. The fraction of sp³-hybridized carbons (Fsp3) is 0.273. The third-order valence-corrected chi connectivity index (χ3v) is 5.01. The van der Waals surface area contributed by atoms with Crippen molar-refractivity contribution in [3.63, 3.8) is 0 Å². The van der Waals surface area contributed by atoms with E-state index in [2.05, 4.69) is 29.2 Å². The molecule has 2 aromatic carbocycles. The Morgan fingerprint density at radius 1 is 1.07 bits per heavy atom. The standard InChI is InChI=1S/C22H22N4O/c23-13-16-1-4-18(5-2-16)21-12-19(15-26-7-9-27-10-8-26)20-6-3-17(14-24)11-22(20)25-21/h1-6,11-12H,7-10,13,15,23H2. The Labute approximate surface area is 159 Å². The molecule has 1 aliphatic rings. The third kappa shape index (κ3) is 3.83. The molecule has 0 aliphatic carbocycles. The van der Waals surface area contributed by atoms with Crippen molar-refractivity contribution in [2.75, 3.05) is 26.3 Å². The summed E-state index contributed by atoms with van der Waals surface area (Å²) in [5, 5.41) is 10.4. The molecule has 4 rings (SSSR count). The zero-order valence-corrected chi connectivity index (χ0v) is 15.2. The number of nitrogens with two attached hydrogens (primary N) is 1. The van der Waals surface area contributed by atoms with Crippen LogP contribution in [0.15, 0.2) is 48.5 Å². The summed E-state index contributed by atoms with van der Waals surface area (Å²) in [5.41, 5.74) is 11.5. The van der Waals surface area contributed by atoms with Gasteiger partial charge in [-0.3, -0.25) is 4.90 Å². The minimum atomic E-state index is 0.527. The van der Waals surface area contributed by atoms with Gasteiger partial charge in [-0.25, -0.2) is 4.98 Å². The predicted octanol–water partition coefficient (Wildman–Crippen LogP) is 3.06. The van der Waals surface area contributed by atoms with Crippen LogP contribution in [0.5, 0.6) is 0 Å². The van der Waals surface area contributed by atoms with E-state index < -0.39 is 0 Å². The fourth-order valence-corrected chi connectivity index (χ4v) is 3.46. The molecule has 2 N–H and O–H groups in total. The Bertz CT molecular complexity index is 986. The molecular weight excluding hydrogens is 336 g/mol. The number of hydrogen-bond acceptors (Lipinski definition) is 5. The average Bonchev–Trinajstić information content (AvgIpc) is 2.74. The Kier molecular flexibility index (Phi) is 5.12. The molecule has 5 nitrogen and oxygen atoms in total. The SMILES string of the molecule is N#Cc1ccc2c(CN3CCOCC3)cc(-c3ccc(CN)cc3)nc2c1. The number of morpholine rings is 1. The van der Waals surface area contributed by atoms with E-state index in [1.54, 1.807) is 0 Å². The maximum absolute atomic E-state index is 9.26. The number of fused-ring (bicyclic) bond motifs is 1. The van der Waals surface area contributed by atoms with E-state index in [0.29, 0.717) is 12.1 Å². The minimum Gasteiger partial charge on any atom is -0.379 e. The van der Waals surface area contributed by atoms with Gasteiger partial charge in [-0.1, -0.05) is 30.3 Å². The van der Waals surface area contributed by atoms with Gasteiger partial charge < -0.3 is 10.5 Å². The summed E-state index contributed by atoms with van der Waals surface area (Å²) < 4.78 is 5.47. The van der Waals surface area contributed by atoms with Crippen molar-refractivity contribution in [3.05, 3.63) is 65.2 Å². The molecule has 3 aromatic rings. The van der Waals surface area contributed by atoms with E-state index >= 15 is 0 Å². The normalized spacial score (nSPS) is 15.0. The van der Waals surface area contributed by atoms with Crippen LogP contribution < -0.4 is 5.73 Å². The molecule has 0 bridgehead atoms. The zero-order chi connectivity index (χ0) is 18.6. The lowest BCUT2D eigenvalue weighted by molar-refractivity contribution is 0.0344. The van der Waals surface area contributed by atoms with E-state index in [1.807, 2.05) is 30.3 Å². The number of nitrogens with zero attached hydrogens (tertiary/aromatic N) is 3. The maximum atomic E-state index is 9.26. The van der Waals surface area contributed by atoms with Gasteiger partial charge in [-0.05, 0) is 29.3 Å². The fourth-order valence-electron chi connectivity index (χ4n) is 3.46. The Morgan fingerprint density at radius 2 is 1.85 bits per heavy atom. The summed E-state index contributed by atoms with van der Waals surface area (Å²) in [6, 6.07) is 18.3. The van der Waals surface area contributed by atoms with Crippen molar-refractivity contribution in [1.29, 1.82) is 5.26 Å². The monoisotopic (exact) mass is 358 g/mol. The lowest BCUT2D eigenvalue weighted by Crippen LogP contribution is -2.35. The molecule has 1 aliphatic heterocycles. The maximum Gasteiger partial charge on any atom is 0.0992 e. The van der Waals surface area contributed by atoms with Gasteiger partial charge in [0.25, 0.3) is 0 Å². The first kappa shape index (κ1) is 17.6. The Hall–Kier alpha value is -2.78. The third-order valence-electron chi connectivity index (χ3n) is 5.01. The van der Waals surface area contributed by atoms with Crippen LogP contribution in [0.4, 0.5) is 0 Å². The van der Waals surface area contributed by atoms with Gasteiger partial charge in [-0.15, -0.1) is 0 Å². The van der Waals surface area contributed by atoms with Crippen molar-refractivity contribution >= 4 is 10.9 Å². The van der Waals surface area contributed by atoms with Crippen LogP contribution in [0.2, 0.25) is 0 Å². The average molecular weight is 358 g/mol. The molecule has 0 amide bonds. The highest BCUT2D eigenvalue weighted by Crippen LogP contribution is 2.27. The van der Waals surface area contributed by atoms with Gasteiger partial charge in [0.1, 0.15) is 0 Å². The Balaban J connectivity index is 1.79. The molecule has 0 radical (unpaired) electrons. The first-order chi connectivity index (χ1) is 13.3. The number of rotatable bonds is 4. The van der Waals surface area contributed by atoms with Crippen LogP contribution in [0.3, 0.4) is 0 Å². The van der Waals surface area contributed by atoms with Gasteiger partial charge >= 0.3 is 0 Å². The van der Waals surface area contributed by atoms with Crippen LogP contribution in [0, 0.1) is 11.3 Å². The number of aromatic nitrogens is 1. The number of nitriles is 1. The van der Waals surface area contributed by atoms with Gasteiger partial charge in [0, 0.05) is 37.1 Å². The second-order valence-electron chi connectivity index (χ2n) is 6.80. The highest BCUT2D eigenvalue weighted by atomic mass is 16.5. The highest BCUT2D eigenvalue weighted by molar-refractivity contribution is 5.86. The summed E-state index contributed by atoms with van der Waals surface area (Å²) in [6.07, 6.45) is 0. The molecule has 1 saturated heterocycles. The second-order valence-corrected chi connectivity index (χ2v) is 6.80. The molecule has 0 saturated carbocycles. The molecule has 2 heterocycles. The van der Waals surface area contributed by atoms with Crippen LogP contribution >= 0.6 is 0 Å². The van der Waals surface area contributed by atoms with Crippen LogP contribution in [0.25, 0.3) is 22.2 Å². The van der Waals surface area contributed by atoms with E-state index in [-0.39, 0.29) is 0 Å². The number of ether oxygens (including phenoxy) is 1. The van der Waals surface area contributed by atoms with E-state index in [9.17, 15) is 5.26 Å². The number of hydrogen-bond donors (Lipinski definition) is 1.